The summed E-state index contributed by atoms with van der Waals surface area (Å²) in [4.78, 5) is 23.4. The maximum atomic E-state index is 11.7. The Morgan fingerprint density at radius 3 is 2.68 bits per heavy atom. The van der Waals surface area contributed by atoms with Gasteiger partial charge in [0, 0.05) is 16.7 Å². The highest BCUT2D eigenvalue weighted by Crippen LogP contribution is 2.13. The molecule has 0 bridgehead atoms. The number of carbonyl (C=O) groups is 2. The maximum Gasteiger partial charge on any atom is 0.243 e. The first kappa shape index (κ1) is 14.0. The van der Waals surface area contributed by atoms with E-state index in [0.29, 0.717) is 12.2 Å². The molecule has 0 saturated carbocycles. The zero-order valence-electron chi connectivity index (χ0n) is 10.4. The number of benzene rings is 1. The van der Waals surface area contributed by atoms with Crippen LogP contribution < -0.4 is 16.0 Å². The number of rotatable bonds is 4. The van der Waals surface area contributed by atoms with E-state index < -0.39 is 0 Å². The summed E-state index contributed by atoms with van der Waals surface area (Å²) in [7, 11) is 0. The van der Waals surface area contributed by atoms with Crippen molar-refractivity contribution in [1.82, 2.24) is 10.6 Å². The molecule has 1 heterocycles. The molecular weight excluding hydrogens is 310 g/mol. The number of nitrogens with one attached hydrogen (secondary N) is 3. The molecule has 102 valence electrons. The summed E-state index contributed by atoms with van der Waals surface area (Å²) in [6.45, 7) is 1.56. The van der Waals surface area contributed by atoms with Gasteiger partial charge in [0.05, 0.1) is 12.5 Å². The lowest BCUT2D eigenvalue weighted by atomic mass is 10.1. The van der Waals surface area contributed by atoms with Crippen LogP contribution in [0.3, 0.4) is 0 Å². The van der Waals surface area contributed by atoms with Crippen molar-refractivity contribution >= 4 is 33.4 Å². The van der Waals surface area contributed by atoms with Crippen LogP contribution in [-0.2, 0) is 9.59 Å². The van der Waals surface area contributed by atoms with Gasteiger partial charge in [-0.3, -0.25) is 9.59 Å². The first-order chi connectivity index (χ1) is 9.15. The summed E-state index contributed by atoms with van der Waals surface area (Å²) < 4.78 is 0.951. The Balaban J connectivity index is 1.75. The first-order valence-electron chi connectivity index (χ1n) is 6.19. The number of hydrogen-bond donors (Lipinski definition) is 3. The van der Waals surface area contributed by atoms with Crippen molar-refractivity contribution < 1.29 is 9.59 Å². The Morgan fingerprint density at radius 1 is 1.32 bits per heavy atom. The van der Waals surface area contributed by atoms with Crippen molar-refractivity contribution in [2.75, 3.05) is 25.0 Å². The van der Waals surface area contributed by atoms with Crippen molar-refractivity contribution in [3.63, 3.8) is 0 Å². The SMILES string of the molecule is O=C(CNC(=O)C1CCNC1)Nc1ccc(Br)cc1. The predicted molar refractivity (Wildman–Crippen MR) is 76.8 cm³/mol. The van der Waals surface area contributed by atoms with Crippen LogP contribution >= 0.6 is 15.9 Å². The fraction of sp³-hybridized carbons (Fsp3) is 0.385. The summed E-state index contributed by atoms with van der Waals surface area (Å²) >= 11 is 3.32. The number of anilines is 1. The molecule has 1 aliphatic heterocycles. The Bertz CT molecular complexity index is 455. The maximum absolute atomic E-state index is 11.7. The van der Waals surface area contributed by atoms with E-state index >= 15 is 0 Å². The van der Waals surface area contributed by atoms with Crippen LogP contribution in [0.4, 0.5) is 5.69 Å². The lowest BCUT2D eigenvalue weighted by Gasteiger charge is -2.10. The highest BCUT2D eigenvalue weighted by Gasteiger charge is 2.22. The van der Waals surface area contributed by atoms with Crippen LogP contribution in [0.5, 0.6) is 0 Å². The lowest BCUT2D eigenvalue weighted by molar-refractivity contribution is -0.126. The molecule has 1 aromatic rings. The van der Waals surface area contributed by atoms with E-state index in [0.717, 1.165) is 17.4 Å². The largest absolute Gasteiger partial charge is 0.347 e. The normalized spacial score (nSPS) is 18.1. The van der Waals surface area contributed by atoms with E-state index in [9.17, 15) is 9.59 Å². The van der Waals surface area contributed by atoms with Gasteiger partial charge in [-0.1, -0.05) is 15.9 Å². The Kier molecular flexibility index (Phi) is 4.93. The Morgan fingerprint density at radius 2 is 2.05 bits per heavy atom. The average molecular weight is 326 g/mol. The van der Waals surface area contributed by atoms with Crippen molar-refractivity contribution in [2.45, 2.75) is 6.42 Å². The molecule has 3 N–H and O–H groups in total. The third kappa shape index (κ3) is 4.33. The van der Waals surface area contributed by atoms with Gasteiger partial charge in [0.25, 0.3) is 0 Å². The minimum atomic E-state index is -0.221. The quantitative estimate of drug-likeness (QED) is 0.776. The van der Waals surface area contributed by atoms with Crippen molar-refractivity contribution in [2.24, 2.45) is 5.92 Å². The van der Waals surface area contributed by atoms with Gasteiger partial charge in [0.2, 0.25) is 11.8 Å². The summed E-state index contributed by atoms with van der Waals surface area (Å²) in [6, 6.07) is 7.28. The standard InChI is InChI=1S/C13H16BrN3O2/c14-10-1-3-11(4-2-10)17-12(18)8-16-13(19)9-5-6-15-7-9/h1-4,9,15H,5-8H2,(H,16,19)(H,17,18). The Labute approximate surface area is 120 Å². The molecule has 1 aromatic carbocycles. The third-order valence-electron chi connectivity index (χ3n) is 2.98. The molecule has 1 atom stereocenters. The second-order valence-electron chi connectivity index (χ2n) is 4.46. The molecule has 19 heavy (non-hydrogen) atoms. The zero-order chi connectivity index (χ0) is 13.7. The van der Waals surface area contributed by atoms with Gasteiger partial charge in [-0.25, -0.2) is 0 Å². The summed E-state index contributed by atoms with van der Waals surface area (Å²) in [5.74, 6) is -0.293. The average Bonchev–Trinajstić information content (AvgIpc) is 2.93. The van der Waals surface area contributed by atoms with E-state index in [2.05, 4.69) is 31.9 Å². The van der Waals surface area contributed by atoms with Gasteiger partial charge in [-0.15, -0.1) is 0 Å². The molecule has 5 nitrogen and oxygen atoms in total. The second-order valence-corrected chi connectivity index (χ2v) is 5.38. The molecule has 0 radical (unpaired) electrons. The fourth-order valence-electron chi connectivity index (χ4n) is 1.93. The van der Waals surface area contributed by atoms with E-state index in [1.807, 2.05) is 12.1 Å². The van der Waals surface area contributed by atoms with Gasteiger partial charge in [-0.05, 0) is 37.2 Å². The van der Waals surface area contributed by atoms with Crippen molar-refractivity contribution in [3.05, 3.63) is 28.7 Å². The fourth-order valence-corrected chi connectivity index (χ4v) is 2.19. The van der Waals surface area contributed by atoms with Crippen molar-refractivity contribution in [1.29, 1.82) is 0 Å². The van der Waals surface area contributed by atoms with Gasteiger partial charge >= 0.3 is 0 Å². The molecule has 0 aromatic heterocycles. The topological polar surface area (TPSA) is 70.2 Å². The molecule has 1 saturated heterocycles. The zero-order valence-corrected chi connectivity index (χ0v) is 12.0. The smallest absolute Gasteiger partial charge is 0.243 e. The van der Waals surface area contributed by atoms with Crippen LogP contribution in [0.1, 0.15) is 6.42 Å². The third-order valence-corrected chi connectivity index (χ3v) is 3.51. The monoisotopic (exact) mass is 325 g/mol. The number of amides is 2. The molecule has 1 fully saturated rings. The summed E-state index contributed by atoms with van der Waals surface area (Å²) in [5, 5.41) is 8.50. The minimum absolute atomic E-state index is 0.00535. The molecule has 0 spiro atoms. The van der Waals surface area contributed by atoms with E-state index in [1.165, 1.54) is 0 Å². The number of hydrogen-bond acceptors (Lipinski definition) is 3. The van der Waals surface area contributed by atoms with E-state index in [-0.39, 0.29) is 24.3 Å². The minimum Gasteiger partial charge on any atom is -0.347 e. The number of halogens is 1. The molecule has 6 heteroatoms. The molecule has 1 aliphatic rings. The lowest BCUT2D eigenvalue weighted by Crippen LogP contribution is -2.37. The van der Waals surface area contributed by atoms with Crippen LogP contribution in [-0.4, -0.2) is 31.4 Å². The molecule has 2 amide bonds. The van der Waals surface area contributed by atoms with Gasteiger partial charge < -0.3 is 16.0 Å². The highest BCUT2D eigenvalue weighted by atomic mass is 79.9. The number of carbonyl (C=O) groups excluding carboxylic acids is 2. The molecule has 2 rings (SSSR count). The summed E-state index contributed by atoms with van der Waals surface area (Å²) in [5.41, 5.74) is 0.713. The first-order valence-corrected chi connectivity index (χ1v) is 6.98. The van der Waals surface area contributed by atoms with Gasteiger partial charge in [0.15, 0.2) is 0 Å². The van der Waals surface area contributed by atoms with E-state index in [1.54, 1.807) is 12.1 Å². The predicted octanol–water partition coefficient (Wildman–Crippen LogP) is 1.11. The molecule has 0 aliphatic carbocycles. The van der Waals surface area contributed by atoms with Crippen molar-refractivity contribution in [3.8, 4) is 0 Å². The van der Waals surface area contributed by atoms with Gasteiger partial charge in [-0.2, -0.15) is 0 Å². The molecule has 1 unspecified atom stereocenters. The second kappa shape index (κ2) is 6.68. The highest BCUT2D eigenvalue weighted by molar-refractivity contribution is 9.10. The van der Waals surface area contributed by atoms with Gasteiger partial charge in [0.1, 0.15) is 0 Å². The molecular formula is C13H16BrN3O2. The van der Waals surface area contributed by atoms with E-state index in [4.69, 9.17) is 0 Å². The van der Waals surface area contributed by atoms with Crippen LogP contribution in [0.2, 0.25) is 0 Å². The van der Waals surface area contributed by atoms with Crippen LogP contribution in [0.15, 0.2) is 28.7 Å². The summed E-state index contributed by atoms with van der Waals surface area (Å²) in [6.07, 6.45) is 0.833. The van der Waals surface area contributed by atoms with Crippen LogP contribution in [0, 0.1) is 5.92 Å². The Hall–Kier alpha value is -1.40. The van der Waals surface area contributed by atoms with Crippen LogP contribution in [0.25, 0.3) is 0 Å².